The lowest BCUT2D eigenvalue weighted by Gasteiger charge is -2.53. The minimum atomic E-state index is -3.45. The first-order valence-corrected chi connectivity index (χ1v) is 51.2. The predicted molar refractivity (Wildman–Crippen MR) is 499 cm³/mol. The molecule has 7 aliphatic rings. The van der Waals surface area contributed by atoms with Gasteiger partial charge in [0.15, 0.2) is 31.5 Å². The summed E-state index contributed by atoms with van der Waals surface area (Å²) in [6.45, 7) is 0.0513. The fourth-order valence-corrected chi connectivity index (χ4v) is 19.0. The lowest BCUT2D eigenvalue weighted by Crippen LogP contribution is -2.72. The molecule has 0 aliphatic carbocycles. The average molecular weight is 2070 g/mol. The van der Waals surface area contributed by atoms with Gasteiger partial charge in [-0.2, -0.15) is 0 Å². The third-order valence-electron chi connectivity index (χ3n) is 27.3. The molecule has 0 spiro atoms. The highest BCUT2D eigenvalue weighted by Gasteiger charge is 2.64. The molecular weight excluding hydrogens is 1900 g/mol. The van der Waals surface area contributed by atoms with Crippen LogP contribution in [0.4, 0.5) is 0 Å². The Morgan fingerprint density at radius 2 is 0.776 bits per heavy atom. The van der Waals surface area contributed by atoms with Gasteiger partial charge in [0.2, 0.25) is 23.6 Å². The first kappa shape index (κ1) is 125. The summed E-state index contributed by atoms with van der Waals surface area (Å²) in [4.78, 5) is 80.7. The smallest absolute Gasteiger partial charge is 0.364 e. The minimum Gasteiger partial charge on any atom is -0.477 e. The van der Waals surface area contributed by atoms with Crippen molar-refractivity contribution in [2.24, 2.45) is 0 Å². The van der Waals surface area contributed by atoms with Crippen LogP contribution in [-0.2, 0) is 95.1 Å². The van der Waals surface area contributed by atoms with E-state index < -0.39 is 333 Å². The number of allylic oxidation sites excluding steroid dienone is 3. The zero-order chi connectivity index (χ0) is 105. The van der Waals surface area contributed by atoms with E-state index in [4.69, 9.17) is 66.3 Å². The second kappa shape index (κ2) is 63.9. The van der Waals surface area contributed by atoms with Crippen LogP contribution in [0.2, 0.25) is 0 Å². The van der Waals surface area contributed by atoms with Gasteiger partial charge in [-0.15, -0.1) is 0 Å². The summed E-state index contributed by atoms with van der Waals surface area (Å²) in [6.07, 6.45) is -34.6. The summed E-state index contributed by atoms with van der Waals surface area (Å²) in [5, 5.41) is 272. The van der Waals surface area contributed by atoms with Gasteiger partial charge in [-0.05, 0) is 51.9 Å². The summed E-state index contributed by atoms with van der Waals surface area (Å²) in [7, 11) is 0. The molecule has 47 nitrogen and oxygen atoms in total. The van der Waals surface area contributed by atoms with Gasteiger partial charge in [0, 0.05) is 40.0 Å². The molecular formula is C96H168N4O43. The maximum Gasteiger partial charge on any atom is 0.364 e. The molecule has 14 unspecified atom stereocenters. The third kappa shape index (κ3) is 37.2. The molecule has 0 aromatic carbocycles. The Bertz CT molecular complexity index is 3690. The van der Waals surface area contributed by atoms with Crippen molar-refractivity contribution < 1.29 is 213 Å². The Morgan fingerprint density at radius 1 is 0.392 bits per heavy atom. The van der Waals surface area contributed by atoms with Crippen molar-refractivity contribution in [3.63, 3.8) is 0 Å². The Labute approximate surface area is 834 Å². The molecule has 830 valence electrons. The summed E-state index contributed by atoms with van der Waals surface area (Å²) in [5.41, 5.74) is 0. The molecule has 47 heteroatoms. The topological polar surface area (TPSA) is 745 Å². The number of rotatable bonds is 66. The highest BCUT2D eigenvalue weighted by atomic mass is 16.8. The van der Waals surface area contributed by atoms with E-state index >= 15 is 0 Å². The molecule has 143 heavy (non-hydrogen) atoms. The second-order valence-electron chi connectivity index (χ2n) is 38.8. The number of aliphatic carboxylic acids is 2. The number of ether oxygens (including phenoxy) is 14. The SMILES string of the molecule is CCCCCCCC/C=C\CCCCCCCCCCCCCC(=O)N[C@@H](CO[C@@H]1OC(CO)[C@@H](O[C@@H]2OC(CO)[C@H](O)[C@H](O[C@@H]3OC(CO[C@]4(C(=O)O)CC(O)[C@@H](NC(C)=O)C([C@H](O)[C@H](O)CO)O4)[C@@H](O[C@H]4OC(C)[C@@H](O)C(O)[C@@H]4O)[C@H](O[C@@H]4OC(CO)[C@H](O)[C@H](O[C@]5(C(=O)O)CC(O)[C@@H](NC(C)=O)C([C@H](O)[C@H](O)CO)O5)C4O)C3NC(C)=O)C2O)[C@H](O)C1O)[C@H](O)/C=C/CCCCCCCCCCCCC. The van der Waals surface area contributed by atoms with Crippen molar-refractivity contribution in [1.82, 2.24) is 21.3 Å². The van der Waals surface area contributed by atoms with E-state index in [9.17, 15) is 146 Å². The standard InChI is InChI=1S/C96H168N4O43/c1-7-9-11-13-15-17-19-21-22-23-24-25-26-27-28-30-32-34-36-38-40-42-66(114)100-56(57(109)41-39-37-35-33-31-29-20-18-16-14-12-10-8-2)50-130-89-78(123)76(121)81(64(49-105)135-89)137-91-79(124)86(73(118)62(47-103)133-91)140-88-69(99-55(6)108)85(139-92-80(125)87(74(119)63(48-104)134-92)143-96(94(128)129)44-59(111)68(98-54(5)107)84(142-96)72(117)61(113)46-102)82(138-90-77(122)75(120)70(115)52(3)132-90)65(136-88)51-131-95(93(126)127)43-58(110)67(97-53(4)106)83(141-95)71(116)60(112)45-101/h21-22,39,41,52,56-65,67-92,101-105,109-113,115-125H,7-20,23-38,40,42-51H2,1-6H3,(H,97,106)(H,98,107)(H,99,108)(H,100,114)(H,126,127)(H,128,129)/b22-21-,41-39+/t52?,56-,57+,58?,59?,60+,61+,62?,63?,64?,65?,67+,68+,69?,70+,71+,72+,73-,74-,75?,76+,77-,78?,79?,80?,81+,82+,83?,84?,85+,86-,87-,88-,89+,90+,91-,92-,95+,96-/m0/s1. The average Bonchev–Trinajstić information content (AvgIpc) is 0.747. The van der Waals surface area contributed by atoms with Crippen molar-refractivity contribution in [1.29, 1.82) is 0 Å². The largest absolute Gasteiger partial charge is 0.477 e. The van der Waals surface area contributed by atoms with Gasteiger partial charge in [-0.25, -0.2) is 9.59 Å². The number of nitrogens with one attached hydrogen (secondary N) is 4. The number of carboxylic acid groups (broad SMARTS) is 2. The van der Waals surface area contributed by atoms with Crippen molar-refractivity contribution >= 4 is 35.6 Å². The number of carbonyl (C=O) groups is 6. The second-order valence-corrected chi connectivity index (χ2v) is 38.8. The Morgan fingerprint density at radius 3 is 1.24 bits per heavy atom. The van der Waals surface area contributed by atoms with Gasteiger partial charge >= 0.3 is 11.9 Å². The number of amides is 4. The van der Waals surface area contributed by atoms with Gasteiger partial charge in [0.25, 0.3) is 11.6 Å². The number of carboxylic acids is 2. The molecule has 7 rings (SSSR count). The normalized spacial score (nSPS) is 35.8. The zero-order valence-corrected chi connectivity index (χ0v) is 83.1. The predicted octanol–water partition coefficient (Wildman–Crippen LogP) is -2.90. The van der Waals surface area contributed by atoms with Gasteiger partial charge in [0.05, 0.1) is 88.8 Å². The molecule has 39 atom stereocenters. The summed E-state index contributed by atoms with van der Waals surface area (Å²) in [6, 6.07) is -7.18. The summed E-state index contributed by atoms with van der Waals surface area (Å²) < 4.78 is 85.7. The van der Waals surface area contributed by atoms with Crippen molar-refractivity contribution in [3.8, 4) is 0 Å². The van der Waals surface area contributed by atoms with Crippen LogP contribution in [0.5, 0.6) is 0 Å². The van der Waals surface area contributed by atoms with Crippen LogP contribution in [0.15, 0.2) is 24.3 Å². The third-order valence-corrected chi connectivity index (χ3v) is 27.3. The lowest BCUT2D eigenvalue weighted by atomic mass is 9.88. The molecule has 4 amide bonds. The number of hydrogen-bond acceptors (Lipinski definition) is 41. The first-order valence-electron chi connectivity index (χ1n) is 51.2. The van der Waals surface area contributed by atoms with E-state index in [-0.39, 0.29) is 6.42 Å². The van der Waals surface area contributed by atoms with Crippen LogP contribution in [0, 0.1) is 0 Å². The molecule has 0 aromatic rings. The fraction of sp³-hybridized carbons (Fsp3) is 0.896. The molecule has 7 aliphatic heterocycles. The van der Waals surface area contributed by atoms with Crippen LogP contribution in [0.25, 0.3) is 0 Å². The number of carbonyl (C=O) groups excluding carboxylic acids is 4. The van der Waals surface area contributed by atoms with E-state index in [0.717, 1.165) is 104 Å². The van der Waals surface area contributed by atoms with E-state index in [0.29, 0.717) is 12.8 Å². The molecule has 7 heterocycles. The Kier molecular flexibility index (Phi) is 55.8. The van der Waals surface area contributed by atoms with E-state index in [1.165, 1.54) is 116 Å². The highest BCUT2D eigenvalue weighted by Crippen LogP contribution is 2.43. The summed E-state index contributed by atoms with van der Waals surface area (Å²) in [5.74, 6) is -14.7. The van der Waals surface area contributed by atoms with Crippen molar-refractivity contribution in [3.05, 3.63) is 24.3 Å². The van der Waals surface area contributed by atoms with E-state index in [1.54, 1.807) is 6.08 Å². The van der Waals surface area contributed by atoms with Crippen LogP contribution < -0.4 is 21.3 Å². The molecule has 7 fully saturated rings. The van der Waals surface area contributed by atoms with Crippen molar-refractivity contribution in [2.75, 3.05) is 46.2 Å². The Balaban J connectivity index is 1.19. The van der Waals surface area contributed by atoms with E-state index in [1.807, 2.05) is 0 Å². The quantitative estimate of drug-likeness (QED) is 0.0215. The molecule has 0 aromatic heterocycles. The lowest BCUT2D eigenvalue weighted by molar-refractivity contribution is -0.402. The molecule has 7 saturated heterocycles. The molecule has 0 saturated carbocycles. The van der Waals surface area contributed by atoms with Gasteiger partial charge in [-0.1, -0.05) is 192 Å². The minimum absolute atomic E-state index is 0.0907. The van der Waals surface area contributed by atoms with Crippen LogP contribution in [0.1, 0.15) is 260 Å². The summed E-state index contributed by atoms with van der Waals surface area (Å²) >= 11 is 0. The fourth-order valence-electron chi connectivity index (χ4n) is 19.0. The van der Waals surface area contributed by atoms with Crippen LogP contribution in [-0.4, -0.2) is 437 Å². The van der Waals surface area contributed by atoms with Gasteiger partial charge < -0.3 is 205 Å². The first-order chi connectivity index (χ1) is 68.2. The number of aliphatic hydroxyl groups is 21. The van der Waals surface area contributed by atoms with Crippen LogP contribution >= 0.6 is 0 Å². The van der Waals surface area contributed by atoms with Gasteiger partial charge in [-0.3, -0.25) is 19.2 Å². The zero-order valence-electron chi connectivity index (χ0n) is 83.1. The number of unbranched alkanes of at least 4 members (excludes halogenated alkanes) is 28. The van der Waals surface area contributed by atoms with E-state index in [2.05, 4.69) is 47.3 Å². The maximum absolute atomic E-state index is 14.1. The van der Waals surface area contributed by atoms with Crippen LogP contribution in [0.3, 0.4) is 0 Å². The highest BCUT2D eigenvalue weighted by molar-refractivity contribution is 5.78. The molecule has 27 N–H and O–H groups in total. The Hall–Kier alpha value is -5.10. The molecule has 0 radical (unpaired) electrons. The van der Waals surface area contributed by atoms with Gasteiger partial charge in [0.1, 0.15) is 153 Å². The number of hydrogen-bond donors (Lipinski definition) is 27. The monoisotopic (exact) mass is 2070 g/mol. The number of aliphatic hydroxyl groups excluding tert-OH is 21. The maximum atomic E-state index is 14.1. The van der Waals surface area contributed by atoms with Crippen molar-refractivity contribution in [2.45, 2.75) is 498 Å². The molecule has 0 bridgehead atoms.